The summed E-state index contributed by atoms with van der Waals surface area (Å²) in [6.07, 6.45) is 0. The molecule has 0 aliphatic carbocycles. The molecule has 0 spiro atoms. The van der Waals surface area contributed by atoms with Crippen LogP contribution in [0, 0.1) is 0 Å². The zero-order valence-electron chi connectivity index (χ0n) is 33.8. The van der Waals surface area contributed by atoms with Gasteiger partial charge in [-0.2, -0.15) is 0 Å². The standard InChI is InChI=1S/C56H50O3/c1-37(40-19-9-4-10-20-40)45-29-31-52(57)48(33-45)54(43-25-15-7-16-26-43)50-35-47(39(3)42-23-13-6-14-24-42)36-51(56(50)59)55(44-27-17-8-18-28-44)49-34-46(30-32-53(49)58)38(2)41-21-11-5-12-22-41/h4-39,54-55,57-59H,1-3H3. The summed E-state index contributed by atoms with van der Waals surface area (Å²) in [6.45, 7) is 6.57. The molecule has 5 atom stereocenters. The minimum atomic E-state index is -0.532. The van der Waals surface area contributed by atoms with Gasteiger partial charge in [0.05, 0.1) is 0 Å². The first-order chi connectivity index (χ1) is 28.8. The third-order valence-corrected chi connectivity index (χ3v) is 12.2. The lowest BCUT2D eigenvalue weighted by molar-refractivity contribution is 0.450. The van der Waals surface area contributed by atoms with Crippen LogP contribution in [0.15, 0.2) is 200 Å². The molecule has 5 unspecified atom stereocenters. The average molecular weight is 771 g/mol. The molecule has 0 saturated heterocycles. The van der Waals surface area contributed by atoms with Gasteiger partial charge >= 0.3 is 0 Å². The van der Waals surface area contributed by atoms with Crippen molar-refractivity contribution >= 4 is 0 Å². The van der Waals surface area contributed by atoms with Crippen LogP contribution in [0.25, 0.3) is 0 Å². The lowest BCUT2D eigenvalue weighted by Gasteiger charge is -2.29. The predicted octanol–water partition coefficient (Wildman–Crippen LogP) is 13.6. The summed E-state index contributed by atoms with van der Waals surface area (Å²) in [6, 6.07) is 67.5. The van der Waals surface area contributed by atoms with E-state index < -0.39 is 11.8 Å². The van der Waals surface area contributed by atoms with Crippen molar-refractivity contribution in [2.24, 2.45) is 0 Å². The Morgan fingerprint density at radius 2 is 0.542 bits per heavy atom. The van der Waals surface area contributed by atoms with Crippen molar-refractivity contribution in [2.45, 2.75) is 50.4 Å². The third kappa shape index (κ3) is 8.15. The van der Waals surface area contributed by atoms with E-state index >= 15 is 0 Å². The first-order valence-corrected chi connectivity index (χ1v) is 20.6. The minimum absolute atomic E-state index is 0.0433. The first-order valence-electron chi connectivity index (χ1n) is 20.6. The molecule has 292 valence electrons. The quantitative estimate of drug-likeness (QED) is 0.108. The van der Waals surface area contributed by atoms with Gasteiger partial charge in [0.15, 0.2) is 0 Å². The van der Waals surface area contributed by atoms with Crippen molar-refractivity contribution in [3.8, 4) is 17.2 Å². The second-order valence-electron chi connectivity index (χ2n) is 15.8. The molecule has 8 aromatic carbocycles. The van der Waals surface area contributed by atoms with Crippen LogP contribution < -0.4 is 0 Å². The van der Waals surface area contributed by atoms with Crippen LogP contribution in [-0.2, 0) is 0 Å². The van der Waals surface area contributed by atoms with Crippen molar-refractivity contribution in [2.75, 3.05) is 0 Å². The largest absolute Gasteiger partial charge is 0.508 e. The van der Waals surface area contributed by atoms with Crippen LogP contribution in [-0.4, -0.2) is 15.3 Å². The highest BCUT2D eigenvalue weighted by Gasteiger charge is 2.31. The van der Waals surface area contributed by atoms with E-state index in [-0.39, 0.29) is 35.0 Å². The van der Waals surface area contributed by atoms with Crippen LogP contribution in [0.3, 0.4) is 0 Å². The Bertz CT molecular complexity index is 2460. The smallest absolute Gasteiger partial charge is 0.123 e. The number of hydrogen-bond donors (Lipinski definition) is 3. The lowest BCUT2D eigenvalue weighted by atomic mass is 9.76. The number of phenolic OH excluding ortho intramolecular Hbond substituents is 3. The number of rotatable bonds is 12. The van der Waals surface area contributed by atoms with E-state index in [1.54, 1.807) is 12.1 Å². The minimum Gasteiger partial charge on any atom is -0.508 e. The van der Waals surface area contributed by atoms with Crippen LogP contribution in [0.1, 0.15) is 117 Å². The average Bonchev–Trinajstić information content (AvgIpc) is 3.29. The summed E-state index contributed by atoms with van der Waals surface area (Å²) in [7, 11) is 0. The Morgan fingerprint density at radius 1 is 0.271 bits per heavy atom. The second-order valence-corrected chi connectivity index (χ2v) is 15.8. The van der Waals surface area contributed by atoms with Gasteiger partial charge in [-0.3, -0.25) is 0 Å². The van der Waals surface area contributed by atoms with E-state index in [0.717, 1.165) is 33.4 Å². The van der Waals surface area contributed by atoms with Crippen LogP contribution in [0.4, 0.5) is 0 Å². The molecule has 0 amide bonds. The summed E-state index contributed by atoms with van der Waals surface area (Å²) < 4.78 is 0. The zero-order valence-corrected chi connectivity index (χ0v) is 33.8. The maximum Gasteiger partial charge on any atom is 0.123 e. The van der Waals surface area contributed by atoms with Gasteiger partial charge in [0.1, 0.15) is 17.2 Å². The molecule has 0 heterocycles. The Balaban J connectivity index is 1.39. The van der Waals surface area contributed by atoms with E-state index in [2.05, 4.69) is 142 Å². The molecular formula is C56H50O3. The summed E-state index contributed by atoms with van der Waals surface area (Å²) in [5.74, 6) is -0.536. The third-order valence-electron chi connectivity index (χ3n) is 12.2. The van der Waals surface area contributed by atoms with Crippen LogP contribution in [0.5, 0.6) is 17.2 Å². The zero-order chi connectivity index (χ0) is 40.9. The summed E-state index contributed by atoms with van der Waals surface area (Å²) >= 11 is 0. The topological polar surface area (TPSA) is 60.7 Å². The molecule has 8 aromatic rings. The number of aromatic hydroxyl groups is 3. The second kappa shape index (κ2) is 17.3. The van der Waals surface area contributed by atoms with E-state index in [1.807, 2.05) is 66.7 Å². The van der Waals surface area contributed by atoms with E-state index in [0.29, 0.717) is 22.3 Å². The molecule has 0 aliphatic rings. The molecule has 0 bridgehead atoms. The van der Waals surface area contributed by atoms with Crippen LogP contribution >= 0.6 is 0 Å². The number of hydrogen-bond acceptors (Lipinski definition) is 3. The van der Waals surface area contributed by atoms with Gasteiger partial charge in [-0.05, 0) is 56.6 Å². The molecule has 0 saturated carbocycles. The van der Waals surface area contributed by atoms with Crippen molar-refractivity contribution < 1.29 is 15.3 Å². The van der Waals surface area contributed by atoms with Crippen molar-refractivity contribution in [3.63, 3.8) is 0 Å². The molecule has 0 aromatic heterocycles. The molecule has 0 aliphatic heterocycles. The van der Waals surface area contributed by atoms with Gasteiger partial charge in [0, 0.05) is 51.8 Å². The molecule has 3 N–H and O–H groups in total. The molecule has 59 heavy (non-hydrogen) atoms. The highest BCUT2D eigenvalue weighted by atomic mass is 16.3. The fourth-order valence-corrected chi connectivity index (χ4v) is 8.69. The molecule has 0 radical (unpaired) electrons. The highest BCUT2D eigenvalue weighted by molar-refractivity contribution is 5.62. The van der Waals surface area contributed by atoms with E-state index in [9.17, 15) is 15.3 Å². The maximum absolute atomic E-state index is 13.1. The fourth-order valence-electron chi connectivity index (χ4n) is 8.69. The number of phenols is 3. The monoisotopic (exact) mass is 770 g/mol. The summed E-state index contributed by atoms with van der Waals surface area (Å²) in [5, 5.41) is 36.8. The fraction of sp³-hybridized carbons (Fsp3) is 0.143. The normalized spacial score (nSPS) is 13.9. The van der Waals surface area contributed by atoms with Crippen molar-refractivity contribution in [1.82, 2.24) is 0 Å². The van der Waals surface area contributed by atoms with Gasteiger partial charge in [-0.1, -0.05) is 209 Å². The van der Waals surface area contributed by atoms with Gasteiger partial charge in [0.2, 0.25) is 0 Å². The Hall–Kier alpha value is -6.84. The Labute approximate surface area is 348 Å². The van der Waals surface area contributed by atoms with Gasteiger partial charge in [-0.25, -0.2) is 0 Å². The lowest BCUT2D eigenvalue weighted by Crippen LogP contribution is -2.12. The predicted molar refractivity (Wildman–Crippen MR) is 241 cm³/mol. The van der Waals surface area contributed by atoms with Gasteiger partial charge in [0.25, 0.3) is 0 Å². The Morgan fingerprint density at radius 3 is 0.864 bits per heavy atom. The molecule has 3 nitrogen and oxygen atoms in total. The maximum atomic E-state index is 13.1. The molecule has 0 fully saturated rings. The molecule has 8 rings (SSSR count). The highest BCUT2D eigenvalue weighted by Crippen LogP contribution is 2.49. The van der Waals surface area contributed by atoms with Crippen molar-refractivity contribution in [3.05, 3.63) is 267 Å². The first kappa shape index (κ1) is 39.0. The Kier molecular flexibility index (Phi) is 11.5. The summed E-state index contributed by atoms with van der Waals surface area (Å²) in [5.41, 5.74) is 11.3. The SMILES string of the molecule is CC(c1ccccc1)c1ccc(O)c(C(c2ccccc2)c2cc(C(C)c3ccccc3)cc(C(c3ccccc3)c3cc(C(C)c4ccccc4)ccc3O)c2O)c1. The molecule has 3 heteroatoms. The van der Waals surface area contributed by atoms with Crippen molar-refractivity contribution in [1.29, 1.82) is 0 Å². The van der Waals surface area contributed by atoms with E-state index in [1.165, 1.54) is 11.1 Å². The summed E-state index contributed by atoms with van der Waals surface area (Å²) in [4.78, 5) is 0. The van der Waals surface area contributed by atoms with Gasteiger partial charge < -0.3 is 15.3 Å². The number of benzene rings is 8. The molecular weight excluding hydrogens is 721 g/mol. The van der Waals surface area contributed by atoms with E-state index in [4.69, 9.17) is 0 Å². The van der Waals surface area contributed by atoms with Crippen LogP contribution in [0.2, 0.25) is 0 Å². The van der Waals surface area contributed by atoms with Gasteiger partial charge in [-0.15, -0.1) is 0 Å².